The first kappa shape index (κ1) is 13.1. The zero-order chi connectivity index (χ0) is 13.1. The lowest BCUT2D eigenvalue weighted by molar-refractivity contribution is 0.515. The summed E-state index contributed by atoms with van der Waals surface area (Å²) >= 11 is 5.93. The molecule has 4 heteroatoms. The van der Waals surface area contributed by atoms with Crippen molar-refractivity contribution in [3.05, 3.63) is 35.7 Å². The van der Waals surface area contributed by atoms with Crippen molar-refractivity contribution in [1.29, 1.82) is 0 Å². The van der Waals surface area contributed by atoms with Crippen molar-refractivity contribution >= 4 is 11.6 Å². The molecule has 18 heavy (non-hydrogen) atoms. The number of rotatable bonds is 4. The Labute approximate surface area is 113 Å². The van der Waals surface area contributed by atoms with Crippen LogP contribution in [0.2, 0.25) is 0 Å². The molecule has 0 amide bonds. The normalized spacial score (nSPS) is 11.2. The quantitative estimate of drug-likeness (QED) is 0.789. The zero-order valence-electron chi connectivity index (χ0n) is 11.0. The second-order valence-electron chi connectivity index (χ2n) is 4.89. The molecular weight excluding hydrogens is 246 g/mol. The summed E-state index contributed by atoms with van der Waals surface area (Å²) < 4.78 is 2.12. The van der Waals surface area contributed by atoms with Gasteiger partial charge >= 0.3 is 0 Å². The molecule has 2 rings (SSSR count). The Bertz CT molecular complexity index is 532. The smallest absolute Gasteiger partial charge is 0.164 e. The molecule has 0 fully saturated rings. The van der Waals surface area contributed by atoms with Crippen LogP contribution in [0.5, 0.6) is 0 Å². The van der Waals surface area contributed by atoms with Gasteiger partial charge in [0.15, 0.2) is 5.82 Å². The Morgan fingerprint density at radius 1 is 1.22 bits per heavy atom. The van der Waals surface area contributed by atoms with Crippen molar-refractivity contribution in [1.82, 2.24) is 14.8 Å². The van der Waals surface area contributed by atoms with Gasteiger partial charge in [0.05, 0.1) is 5.88 Å². The summed E-state index contributed by atoms with van der Waals surface area (Å²) in [5, 5.41) is 8.49. The topological polar surface area (TPSA) is 30.7 Å². The van der Waals surface area contributed by atoms with Crippen molar-refractivity contribution in [2.45, 2.75) is 33.2 Å². The summed E-state index contributed by atoms with van der Waals surface area (Å²) in [6.07, 6.45) is 0. The largest absolute Gasteiger partial charge is 0.310 e. The molecule has 0 saturated heterocycles. The molecule has 3 nitrogen and oxygen atoms in total. The van der Waals surface area contributed by atoms with Crippen LogP contribution in [0.25, 0.3) is 11.4 Å². The second kappa shape index (κ2) is 5.53. The molecule has 0 aliphatic heterocycles. The molecule has 0 spiro atoms. The molecule has 0 aliphatic rings. The van der Waals surface area contributed by atoms with Gasteiger partial charge in [0.1, 0.15) is 5.82 Å². The van der Waals surface area contributed by atoms with Crippen molar-refractivity contribution in [2.75, 3.05) is 0 Å². The maximum atomic E-state index is 5.93. The van der Waals surface area contributed by atoms with Gasteiger partial charge in [-0.1, -0.05) is 38.1 Å². The average molecular weight is 264 g/mol. The van der Waals surface area contributed by atoms with Crippen LogP contribution in [-0.4, -0.2) is 14.8 Å². The standard InChI is InChI=1S/C14H18ClN3/c1-10(2)9-18-13(8-15)16-17-14(18)12-7-5-4-6-11(12)3/h4-7,10H,8-9H2,1-3H3. The fourth-order valence-electron chi connectivity index (χ4n) is 2.01. The summed E-state index contributed by atoms with van der Waals surface area (Å²) in [6, 6.07) is 8.22. The predicted molar refractivity (Wildman–Crippen MR) is 74.6 cm³/mol. The van der Waals surface area contributed by atoms with Gasteiger partial charge < -0.3 is 4.57 Å². The molecule has 0 unspecified atom stereocenters. The molecule has 0 saturated carbocycles. The van der Waals surface area contributed by atoms with E-state index in [-0.39, 0.29) is 0 Å². The highest BCUT2D eigenvalue weighted by atomic mass is 35.5. The van der Waals surface area contributed by atoms with E-state index in [0.29, 0.717) is 11.8 Å². The Kier molecular flexibility index (Phi) is 4.02. The number of aryl methyl sites for hydroxylation is 1. The molecule has 0 atom stereocenters. The molecule has 0 N–H and O–H groups in total. The number of alkyl halides is 1. The lowest BCUT2D eigenvalue weighted by Crippen LogP contribution is -2.09. The van der Waals surface area contributed by atoms with Crippen molar-refractivity contribution in [2.24, 2.45) is 5.92 Å². The van der Waals surface area contributed by atoms with Crippen LogP contribution in [0.3, 0.4) is 0 Å². The van der Waals surface area contributed by atoms with Crippen LogP contribution >= 0.6 is 11.6 Å². The van der Waals surface area contributed by atoms with E-state index in [2.05, 4.69) is 47.7 Å². The fourth-order valence-corrected chi connectivity index (χ4v) is 2.21. The molecule has 0 bridgehead atoms. The van der Waals surface area contributed by atoms with Crippen LogP contribution in [0.4, 0.5) is 0 Å². The van der Waals surface area contributed by atoms with Crippen LogP contribution < -0.4 is 0 Å². The Balaban J connectivity index is 2.51. The molecular formula is C14H18ClN3. The SMILES string of the molecule is Cc1ccccc1-c1nnc(CCl)n1CC(C)C. The Morgan fingerprint density at radius 3 is 2.56 bits per heavy atom. The lowest BCUT2D eigenvalue weighted by Gasteiger charge is -2.12. The molecule has 96 valence electrons. The summed E-state index contributed by atoms with van der Waals surface area (Å²) in [5.41, 5.74) is 2.33. The van der Waals surface area contributed by atoms with Gasteiger partial charge in [0.2, 0.25) is 0 Å². The van der Waals surface area contributed by atoms with Gasteiger partial charge in [0.25, 0.3) is 0 Å². The predicted octanol–water partition coefficient (Wildman–Crippen LogP) is 3.65. The first-order valence-electron chi connectivity index (χ1n) is 6.17. The van der Waals surface area contributed by atoms with E-state index in [1.807, 2.05) is 12.1 Å². The fraction of sp³-hybridized carbons (Fsp3) is 0.429. The summed E-state index contributed by atoms with van der Waals surface area (Å²) in [6.45, 7) is 7.34. The van der Waals surface area contributed by atoms with Crippen molar-refractivity contribution < 1.29 is 0 Å². The minimum atomic E-state index is 0.394. The van der Waals surface area contributed by atoms with Crippen LogP contribution in [-0.2, 0) is 12.4 Å². The zero-order valence-corrected chi connectivity index (χ0v) is 11.8. The number of nitrogens with zero attached hydrogens (tertiary/aromatic N) is 3. The first-order valence-corrected chi connectivity index (χ1v) is 6.71. The third-order valence-electron chi connectivity index (χ3n) is 2.88. The third-order valence-corrected chi connectivity index (χ3v) is 3.12. The van der Waals surface area contributed by atoms with E-state index < -0.39 is 0 Å². The number of hydrogen-bond donors (Lipinski definition) is 0. The van der Waals surface area contributed by atoms with E-state index in [1.54, 1.807) is 0 Å². The molecule has 0 aliphatic carbocycles. The molecule has 1 heterocycles. The molecule has 1 aromatic carbocycles. The third kappa shape index (κ3) is 2.56. The minimum Gasteiger partial charge on any atom is -0.310 e. The maximum Gasteiger partial charge on any atom is 0.164 e. The summed E-state index contributed by atoms with van der Waals surface area (Å²) in [7, 11) is 0. The minimum absolute atomic E-state index is 0.394. The molecule has 0 radical (unpaired) electrons. The average Bonchev–Trinajstić information content (AvgIpc) is 2.72. The van der Waals surface area contributed by atoms with Gasteiger partial charge in [-0.2, -0.15) is 0 Å². The molecule has 1 aromatic heterocycles. The highest BCUT2D eigenvalue weighted by Crippen LogP contribution is 2.23. The first-order chi connectivity index (χ1) is 8.63. The van der Waals surface area contributed by atoms with Crippen LogP contribution in [0, 0.1) is 12.8 Å². The highest BCUT2D eigenvalue weighted by Gasteiger charge is 2.15. The lowest BCUT2D eigenvalue weighted by atomic mass is 10.1. The molecule has 2 aromatic rings. The number of aromatic nitrogens is 3. The van der Waals surface area contributed by atoms with E-state index in [1.165, 1.54) is 5.56 Å². The number of halogens is 1. The number of hydrogen-bond acceptors (Lipinski definition) is 2. The van der Waals surface area contributed by atoms with Crippen molar-refractivity contribution in [3.63, 3.8) is 0 Å². The number of benzene rings is 1. The monoisotopic (exact) mass is 263 g/mol. The van der Waals surface area contributed by atoms with Crippen molar-refractivity contribution in [3.8, 4) is 11.4 Å². The van der Waals surface area contributed by atoms with Gasteiger partial charge in [-0.25, -0.2) is 0 Å². The maximum absolute atomic E-state index is 5.93. The van der Waals surface area contributed by atoms with Crippen LogP contribution in [0.1, 0.15) is 25.2 Å². The summed E-state index contributed by atoms with van der Waals surface area (Å²) in [4.78, 5) is 0. The Hall–Kier alpha value is -1.35. The highest BCUT2D eigenvalue weighted by molar-refractivity contribution is 6.16. The Morgan fingerprint density at radius 2 is 1.94 bits per heavy atom. The van der Waals surface area contributed by atoms with Crippen LogP contribution in [0.15, 0.2) is 24.3 Å². The van der Waals surface area contributed by atoms with E-state index in [0.717, 1.165) is 23.8 Å². The summed E-state index contributed by atoms with van der Waals surface area (Å²) in [5.74, 6) is 2.68. The van der Waals surface area contributed by atoms with Gasteiger partial charge in [-0.05, 0) is 18.4 Å². The van der Waals surface area contributed by atoms with E-state index >= 15 is 0 Å². The second-order valence-corrected chi connectivity index (χ2v) is 5.16. The van der Waals surface area contributed by atoms with E-state index in [4.69, 9.17) is 11.6 Å². The van der Waals surface area contributed by atoms with Gasteiger partial charge in [0, 0.05) is 12.1 Å². The van der Waals surface area contributed by atoms with Gasteiger partial charge in [-0.15, -0.1) is 21.8 Å². The van der Waals surface area contributed by atoms with Gasteiger partial charge in [-0.3, -0.25) is 0 Å². The van der Waals surface area contributed by atoms with E-state index in [9.17, 15) is 0 Å².